The Hall–Kier alpha value is -1.75. The summed E-state index contributed by atoms with van der Waals surface area (Å²) in [4.78, 5) is 26.6. The van der Waals surface area contributed by atoms with Crippen molar-refractivity contribution >= 4 is 23.4 Å². The van der Waals surface area contributed by atoms with Crippen LogP contribution in [0.4, 0.5) is 0 Å². The molecule has 2 amide bonds. The van der Waals surface area contributed by atoms with Gasteiger partial charge in [-0.1, -0.05) is 32.9 Å². The zero-order chi connectivity index (χ0) is 22.4. The normalized spacial score (nSPS) is 15.7. The van der Waals surface area contributed by atoms with E-state index in [2.05, 4.69) is 38.2 Å². The number of hydrogen-bond donors (Lipinski definition) is 1. The van der Waals surface area contributed by atoms with Gasteiger partial charge in [-0.2, -0.15) is 0 Å². The first-order chi connectivity index (χ1) is 14.0. The fraction of sp³-hybridized carbons (Fsp3) is 0.667. The summed E-state index contributed by atoms with van der Waals surface area (Å²) in [6, 6.07) is 8.29. The van der Waals surface area contributed by atoms with E-state index in [-0.39, 0.29) is 23.3 Å². The zero-order valence-corrected chi connectivity index (χ0v) is 19.8. The molecule has 6 heteroatoms. The summed E-state index contributed by atoms with van der Waals surface area (Å²) >= 11 is 5.87. The van der Waals surface area contributed by atoms with Gasteiger partial charge in [-0.15, -0.1) is 11.6 Å². The molecule has 5 nitrogen and oxygen atoms in total. The molecule has 1 aromatic rings. The Bertz CT molecular complexity index is 702. The fourth-order valence-electron chi connectivity index (χ4n) is 3.34. The molecule has 2 rings (SSSR count). The third-order valence-corrected chi connectivity index (χ3v) is 6.32. The van der Waals surface area contributed by atoms with Crippen molar-refractivity contribution in [3.05, 3.63) is 29.8 Å². The number of hydrogen-bond acceptors (Lipinski definition) is 3. The van der Waals surface area contributed by atoms with E-state index in [0.717, 1.165) is 18.6 Å². The zero-order valence-electron chi connectivity index (χ0n) is 19.1. The monoisotopic (exact) mass is 436 g/mol. The predicted octanol–water partition coefficient (Wildman–Crippen LogP) is 4.52. The van der Waals surface area contributed by atoms with E-state index in [1.54, 1.807) is 0 Å². The van der Waals surface area contributed by atoms with Gasteiger partial charge in [0.2, 0.25) is 11.8 Å². The number of benzene rings is 1. The highest BCUT2D eigenvalue weighted by Crippen LogP contribution is 2.24. The number of rotatable bonds is 8. The van der Waals surface area contributed by atoms with Crippen molar-refractivity contribution in [1.82, 2.24) is 10.2 Å². The second-order valence-corrected chi connectivity index (χ2v) is 10.1. The number of halogens is 1. The van der Waals surface area contributed by atoms with E-state index in [1.165, 1.54) is 5.56 Å². The molecule has 0 radical (unpaired) electrons. The number of nitrogens with one attached hydrogen (secondary N) is 1. The number of piperidine rings is 1. The minimum atomic E-state index is -0.568. The molecular weight excluding hydrogens is 400 g/mol. The SMILES string of the molecule is CC(C)(CCl)C(=O)NC1CCN(C(=O)CCCOc2ccc(C(C)(C)C)cc2)CC1. The molecule has 1 saturated heterocycles. The lowest BCUT2D eigenvalue weighted by atomic mass is 9.87. The van der Waals surface area contributed by atoms with Crippen LogP contribution in [0.15, 0.2) is 24.3 Å². The van der Waals surface area contributed by atoms with E-state index in [1.807, 2.05) is 30.9 Å². The summed E-state index contributed by atoms with van der Waals surface area (Å²) in [7, 11) is 0. The van der Waals surface area contributed by atoms with Crippen LogP contribution < -0.4 is 10.1 Å². The van der Waals surface area contributed by atoms with Gasteiger partial charge in [-0.3, -0.25) is 9.59 Å². The molecule has 1 aliphatic rings. The molecule has 0 aromatic heterocycles. The molecule has 0 unspecified atom stereocenters. The largest absolute Gasteiger partial charge is 0.494 e. The summed E-state index contributed by atoms with van der Waals surface area (Å²) in [5, 5.41) is 3.07. The standard InChI is InChI=1S/C24H37ClN2O3/c1-23(2,3)18-8-10-20(11-9-18)30-16-6-7-21(28)27-14-12-19(13-15-27)26-22(29)24(4,5)17-25/h8-11,19H,6-7,12-17H2,1-5H3,(H,26,29). The Morgan fingerprint density at radius 3 is 2.23 bits per heavy atom. The van der Waals surface area contributed by atoms with Gasteiger partial charge in [-0.05, 0) is 56.2 Å². The Labute approximate surface area is 186 Å². The van der Waals surface area contributed by atoms with E-state index in [9.17, 15) is 9.59 Å². The molecule has 0 spiro atoms. The second kappa shape index (κ2) is 10.5. The van der Waals surface area contributed by atoms with Crippen molar-refractivity contribution in [3.8, 4) is 5.75 Å². The molecule has 1 fully saturated rings. The first-order valence-corrected chi connectivity index (χ1v) is 11.4. The van der Waals surface area contributed by atoms with Crippen molar-refractivity contribution in [1.29, 1.82) is 0 Å². The second-order valence-electron chi connectivity index (χ2n) is 9.87. The minimum absolute atomic E-state index is 0.0186. The van der Waals surface area contributed by atoms with Gasteiger partial charge in [0.25, 0.3) is 0 Å². The Morgan fingerprint density at radius 2 is 1.70 bits per heavy atom. The number of likely N-dealkylation sites (tertiary alicyclic amines) is 1. The summed E-state index contributed by atoms with van der Waals surface area (Å²) in [5.74, 6) is 1.27. The number of alkyl halides is 1. The van der Waals surface area contributed by atoms with E-state index in [0.29, 0.717) is 38.4 Å². The average Bonchev–Trinajstić information content (AvgIpc) is 2.71. The lowest BCUT2D eigenvalue weighted by Crippen LogP contribution is -2.49. The molecule has 0 aliphatic carbocycles. The Morgan fingerprint density at radius 1 is 1.10 bits per heavy atom. The summed E-state index contributed by atoms with van der Waals surface area (Å²) in [5.41, 5.74) is 0.833. The van der Waals surface area contributed by atoms with E-state index < -0.39 is 5.41 Å². The van der Waals surface area contributed by atoms with Crippen molar-refractivity contribution < 1.29 is 14.3 Å². The summed E-state index contributed by atoms with van der Waals surface area (Å²) in [6.45, 7) is 12.1. The van der Waals surface area contributed by atoms with Gasteiger partial charge >= 0.3 is 0 Å². The summed E-state index contributed by atoms with van der Waals surface area (Å²) < 4.78 is 5.79. The van der Waals surface area contributed by atoms with Gasteiger partial charge < -0.3 is 15.0 Å². The molecule has 30 heavy (non-hydrogen) atoms. The van der Waals surface area contributed by atoms with Crippen molar-refractivity contribution in [3.63, 3.8) is 0 Å². The van der Waals surface area contributed by atoms with E-state index >= 15 is 0 Å². The fourth-order valence-corrected chi connectivity index (χ4v) is 3.46. The van der Waals surface area contributed by atoms with Crippen molar-refractivity contribution in [2.75, 3.05) is 25.6 Å². The molecule has 0 saturated carbocycles. The maximum Gasteiger partial charge on any atom is 0.227 e. The summed E-state index contributed by atoms with van der Waals surface area (Å²) in [6.07, 6.45) is 2.75. The number of ether oxygens (including phenoxy) is 1. The highest BCUT2D eigenvalue weighted by molar-refractivity contribution is 6.19. The van der Waals surface area contributed by atoms with Crippen LogP contribution in [0.1, 0.15) is 65.9 Å². The van der Waals surface area contributed by atoms with Crippen LogP contribution in [-0.2, 0) is 15.0 Å². The van der Waals surface area contributed by atoms with Gasteiger partial charge in [0.1, 0.15) is 5.75 Å². The number of nitrogens with zero attached hydrogens (tertiary/aromatic N) is 1. The third-order valence-electron chi connectivity index (χ3n) is 5.66. The van der Waals surface area contributed by atoms with Crippen LogP contribution >= 0.6 is 11.6 Å². The van der Waals surface area contributed by atoms with Crippen LogP contribution in [0, 0.1) is 5.41 Å². The smallest absolute Gasteiger partial charge is 0.227 e. The molecule has 0 bridgehead atoms. The van der Waals surface area contributed by atoms with Crippen LogP contribution in [0.5, 0.6) is 5.75 Å². The Kier molecular flexibility index (Phi) is 8.60. The molecule has 1 aliphatic heterocycles. The number of carbonyl (C=O) groups is 2. The number of carbonyl (C=O) groups excluding carboxylic acids is 2. The maximum atomic E-state index is 12.5. The first-order valence-electron chi connectivity index (χ1n) is 10.9. The maximum absolute atomic E-state index is 12.5. The predicted molar refractivity (Wildman–Crippen MR) is 122 cm³/mol. The quantitative estimate of drug-likeness (QED) is 0.481. The van der Waals surface area contributed by atoms with Gasteiger partial charge in [0, 0.05) is 31.4 Å². The van der Waals surface area contributed by atoms with Gasteiger partial charge in [0.05, 0.1) is 12.0 Å². The minimum Gasteiger partial charge on any atom is -0.494 e. The third kappa shape index (κ3) is 7.19. The highest BCUT2D eigenvalue weighted by atomic mass is 35.5. The van der Waals surface area contributed by atoms with Gasteiger partial charge in [-0.25, -0.2) is 0 Å². The van der Waals surface area contributed by atoms with Gasteiger partial charge in [0.15, 0.2) is 0 Å². The first kappa shape index (κ1) is 24.5. The molecule has 1 aromatic carbocycles. The molecule has 0 atom stereocenters. The lowest BCUT2D eigenvalue weighted by Gasteiger charge is -2.34. The number of amides is 2. The van der Waals surface area contributed by atoms with Crippen LogP contribution in [-0.4, -0.2) is 48.3 Å². The highest BCUT2D eigenvalue weighted by Gasteiger charge is 2.30. The molecule has 1 N–H and O–H groups in total. The molecular formula is C24H37ClN2O3. The van der Waals surface area contributed by atoms with Crippen LogP contribution in [0.25, 0.3) is 0 Å². The lowest BCUT2D eigenvalue weighted by molar-refractivity contribution is -0.133. The average molecular weight is 437 g/mol. The van der Waals surface area contributed by atoms with Crippen LogP contribution in [0.2, 0.25) is 0 Å². The van der Waals surface area contributed by atoms with E-state index in [4.69, 9.17) is 16.3 Å². The van der Waals surface area contributed by atoms with Crippen LogP contribution in [0.3, 0.4) is 0 Å². The van der Waals surface area contributed by atoms with Crippen molar-refractivity contribution in [2.24, 2.45) is 5.41 Å². The molecule has 1 heterocycles. The topological polar surface area (TPSA) is 58.6 Å². The van der Waals surface area contributed by atoms with Crippen molar-refractivity contribution in [2.45, 2.75) is 71.8 Å². The molecule has 168 valence electrons. The Balaban J connectivity index is 1.66.